The zero-order valence-corrected chi connectivity index (χ0v) is 17.8. The Bertz CT molecular complexity index is 1350. The molecule has 1 amide bonds. The van der Waals surface area contributed by atoms with Gasteiger partial charge in [0.2, 0.25) is 5.91 Å². The number of hydrogen-bond donors (Lipinski definition) is 2. The molecule has 2 heterocycles. The van der Waals surface area contributed by atoms with Gasteiger partial charge in [0, 0.05) is 5.69 Å². The molecule has 0 unspecified atom stereocenters. The fraction of sp³-hybridized carbons (Fsp3) is 0.143. The summed E-state index contributed by atoms with van der Waals surface area (Å²) in [5, 5.41) is 7.21. The van der Waals surface area contributed by atoms with Crippen molar-refractivity contribution in [2.75, 3.05) is 18.2 Å². The minimum absolute atomic E-state index is 0.119. The number of nitrogens with one attached hydrogen (secondary N) is 2. The monoisotopic (exact) mass is 475 g/mol. The number of H-pyrrole nitrogens is 1. The van der Waals surface area contributed by atoms with Crippen molar-refractivity contribution in [2.24, 2.45) is 0 Å². The minimum atomic E-state index is -4.45. The fourth-order valence-corrected chi connectivity index (χ4v) is 3.61. The molecule has 0 saturated heterocycles. The second-order valence-corrected chi connectivity index (χ2v) is 7.74. The Morgan fingerprint density at radius 1 is 1.15 bits per heavy atom. The molecule has 0 fully saturated rings. The summed E-state index contributed by atoms with van der Waals surface area (Å²) in [6, 6.07) is 11.1. The number of carbonyl (C=O) groups excluding carboxylic acids is 1. The summed E-state index contributed by atoms with van der Waals surface area (Å²) in [7, 11) is 1.55. The molecule has 0 aliphatic rings. The predicted octanol–water partition coefficient (Wildman–Crippen LogP) is 3.87. The van der Waals surface area contributed by atoms with Crippen LogP contribution >= 0.6 is 11.8 Å². The number of anilines is 1. The van der Waals surface area contributed by atoms with Crippen molar-refractivity contribution in [3.05, 3.63) is 70.6 Å². The Kier molecular flexibility index (Phi) is 6.09. The molecule has 33 heavy (non-hydrogen) atoms. The summed E-state index contributed by atoms with van der Waals surface area (Å²) in [6.07, 6.45) is -3.05. The summed E-state index contributed by atoms with van der Waals surface area (Å²) in [5.74, 6) is 0.0778. The molecule has 2 N–H and O–H groups in total. The summed E-state index contributed by atoms with van der Waals surface area (Å²) in [5.41, 5.74) is -0.0126. The number of alkyl halides is 3. The number of benzene rings is 2. The number of amides is 1. The van der Waals surface area contributed by atoms with E-state index in [4.69, 9.17) is 4.74 Å². The minimum Gasteiger partial charge on any atom is -0.497 e. The quantitative estimate of drug-likeness (QED) is 0.324. The van der Waals surface area contributed by atoms with Crippen LogP contribution in [0.3, 0.4) is 0 Å². The lowest BCUT2D eigenvalue weighted by Crippen LogP contribution is -2.16. The second kappa shape index (κ2) is 8.98. The number of methoxy groups -OCH3 is 1. The average molecular weight is 475 g/mol. The predicted molar refractivity (Wildman–Crippen MR) is 117 cm³/mol. The standard InChI is InChI=1S/C21H16F3N5O3S/c1-32-15-8-6-14(7-9-15)29-18-16(10-25-29)19(31)28-20(27-18)33-11-17(30)26-13-4-2-12(3-5-13)21(22,23)24/h2-10H,11H2,1H3,(H,26,30)(H,27,28,31). The SMILES string of the molecule is COc1ccc(-n2ncc3c(=O)[nH]c(SCC(=O)Nc4ccc(C(F)(F)F)cc4)nc32)cc1. The third kappa shape index (κ3) is 5.00. The van der Waals surface area contributed by atoms with Crippen LogP contribution < -0.4 is 15.6 Å². The summed E-state index contributed by atoms with van der Waals surface area (Å²) in [4.78, 5) is 31.6. The van der Waals surface area contributed by atoms with Crippen LogP contribution in [-0.4, -0.2) is 38.5 Å². The van der Waals surface area contributed by atoms with Crippen molar-refractivity contribution in [1.29, 1.82) is 0 Å². The second-order valence-electron chi connectivity index (χ2n) is 6.77. The van der Waals surface area contributed by atoms with E-state index in [1.165, 1.54) is 23.0 Å². The molecule has 0 saturated carbocycles. The number of nitrogens with zero attached hydrogens (tertiary/aromatic N) is 3. The number of aromatic nitrogens is 4. The van der Waals surface area contributed by atoms with Crippen molar-refractivity contribution in [2.45, 2.75) is 11.3 Å². The van der Waals surface area contributed by atoms with Gasteiger partial charge in [-0.1, -0.05) is 11.8 Å². The largest absolute Gasteiger partial charge is 0.497 e. The lowest BCUT2D eigenvalue weighted by molar-refractivity contribution is -0.137. The van der Waals surface area contributed by atoms with Crippen LogP contribution in [0.15, 0.2) is 64.7 Å². The molecule has 2 aromatic heterocycles. The van der Waals surface area contributed by atoms with Gasteiger partial charge in [-0.2, -0.15) is 18.3 Å². The number of halogens is 3. The van der Waals surface area contributed by atoms with Gasteiger partial charge in [-0.25, -0.2) is 9.67 Å². The van der Waals surface area contributed by atoms with E-state index in [0.717, 1.165) is 23.9 Å². The number of aromatic amines is 1. The van der Waals surface area contributed by atoms with E-state index < -0.39 is 23.2 Å². The Hall–Kier alpha value is -3.80. The first kappa shape index (κ1) is 22.4. The molecule has 170 valence electrons. The van der Waals surface area contributed by atoms with Gasteiger partial charge in [-0.05, 0) is 48.5 Å². The summed E-state index contributed by atoms with van der Waals surface area (Å²) in [6.45, 7) is 0. The number of thioether (sulfide) groups is 1. The highest BCUT2D eigenvalue weighted by molar-refractivity contribution is 7.99. The van der Waals surface area contributed by atoms with Gasteiger partial charge in [0.25, 0.3) is 5.56 Å². The van der Waals surface area contributed by atoms with Crippen molar-refractivity contribution in [3.8, 4) is 11.4 Å². The van der Waals surface area contributed by atoms with E-state index in [1.54, 1.807) is 31.4 Å². The van der Waals surface area contributed by atoms with E-state index >= 15 is 0 Å². The molecule has 0 atom stereocenters. The van der Waals surface area contributed by atoms with E-state index in [2.05, 4.69) is 20.4 Å². The lowest BCUT2D eigenvalue weighted by Gasteiger charge is -2.09. The molecule has 0 radical (unpaired) electrons. The normalized spacial score (nSPS) is 11.5. The van der Waals surface area contributed by atoms with Crippen LogP contribution in [0.4, 0.5) is 18.9 Å². The molecule has 2 aromatic carbocycles. The fourth-order valence-electron chi connectivity index (χ4n) is 2.95. The summed E-state index contributed by atoms with van der Waals surface area (Å²) >= 11 is 0.978. The van der Waals surface area contributed by atoms with Gasteiger partial charge in [0.05, 0.1) is 30.3 Å². The molecule has 0 aliphatic heterocycles. The maximum absolute atomic E-state index is 12.6. The molecular formula is C21H16F3N5O3S. The zero-order chi connectivity index (χ0) is 23.6. The summed E-state index contributed by atoms with van der Waals surface area (Å²) < 4.78 is 44.6. The van der Waals surface area contributed by atoms with Crippen molar-refractivity contribution >= 4 is 34.4 Å². The number of ether oxygens (including phenoxy) is 1. The van der Waals surface area contributed by atoms with Crippen LogP contribution in [0.25, 0.3) is 16.7 Å². The average Bonchev–Trinajstić information content (AvgIpc) is 3.22. The highest BCUT2D eigenvalue weighted by Gasteiger charge is 2.30. The van der Waals surface area contributed by atoms with E-state index in [1.807, 2.05) is 0 Å². The zero-order valence-electron chi connectivity index (χ0n) is 17.0. The van der Waals surface area contributed by atoms with Gasteiger partial charge in [-0.3, -0.25) is 9.59 Å². The molecule has 8 nitrogen and oxygen atoms in total. The van der Waals surface area contributed by atoms with E-state index in [0.29, 0.717) is 17.1 Å². The van der Waals surface area contributed by atoms with Gasteiger partial charge < -0.3 is 15.0 Å². The molecule has 4 rings (SSSR count). The number of fused-ring (bicyclic) bond motifs is 1. The smallest absolute Gasteiger partial charge is 0.416 e. The Balaban J connectivity index is 1.48. The van der Waals surface area contributed by atoms with Gasteiger partial charge in [0.1, 0.15) is 11.1 Å². The first-order valence-electron chi connectivity index (χ1n) is 9.47. The van der Waals surface area contributed by atoms with Crippen LogP contribution in [-0.2, 0) is 11.0 Å². The first-order chi connectivity index (χ1) is 15.7. The molecular weight excluding hydrogens is 459 g/mol. The van der Waals surface area contributed by atoms with Crippen LogP contribution in [0.1, 0.15) is 5.56 Å². The lowest BCUT2D eigenvalue weighted by atomic mass is 10.2. The Labute approximate surface area is 188 Å². The van der Waals surface area contributed by atoms with Gasteiger partial charge in [0.15, 0.2) is 10.8 Å². The number of rotatable bonds is 6. The van der Waals surface area contributed by atoms with Crippen molar-refractivity contribution in [3.63, 3.8) is 0 Å². The third-order valence-corrected chi connectivity index (χ3v) is 5.44. The van der Waals surface area contributed by atoms with Crippen LogP contribution in [0, 0.1) is 0 Å². The van der Waals surface area contributed by atoms with Crippen molar-refractivity contribution < 1.29 is 22.7 Å². The highest BCUT2D eigenvalue weighted by atomic mass is 32.2. The van der Waals surface area contributed by atoms with Crippen LogP contribution in [0.2, 0.25) is 0 Å². The molecule has 4 aromatic rings. The maximum atomic E-state index is 12.6. The molecule has 0 aliphatic carbocycles. The van der Waals surface area contributed by atoms with Crippen molar-refractivity contribution in [1.82, 2.24) is 19.7 Å². The highest BCUT2D eigenvalue weighted by Crippen LogP contribution is 2.30. The topological polar surface area (TPSA) is 102 Å². The van der Waals surface area contributed by atoms with Crippen LogP contribution in [0.5, 0.6) is 5.75 Å². The molecule has 0 bridgehead atoms. The maximum Gasteiger partial charge on any atom is 0.416 e. The number of carbonyl (C=O) groups is 1. The van der Waals surface area contributed by atoms with Gasteiger partial charge >= 0.3 is 6.18 Å². The Morgan fingerprint density at radius 3 is 2.48 bits per heavy atom. The van der Waals surface area contributed by atoms with E-state index in [-0.39, 0.29) is 22.0 Å². The third-order valence-electron chi connectivity index (χ3n) is 4.57. The molecule has 12 heteroatoms. The van der Waals surface area contributed by atoms with Gasteiger partial charge in [-0.15, -0.1) is 0 Å². The number of hydrogen-bond acceptors (Lipinski definition) is 6. The Morgan fingerprint density at radius 2 is 1.85 bits per heavy atom. The molecule has 0 spiro atoms. The van der Waals surface area contributed by atoms with E-state index in [9.17, 15) is 22.8 Å². The first-order valence-corrected chi connectivity index (χ1v) is 10.5.